The zero-order chi connectivity index (χ0) is 25.6. The summed E-state index contributed by atoms with van der Waals surface area (Å²) in [5.74, 6) is 0.234. The number of phenolic OH excluding ortho intramolecular Hbond substituents is 2. The first kappa shape index (κ1) is 23.2. The molecule has 2 aliphatic rings. The van der Waals surface area contributed by atoms with Gasteiger partial charge >= 0.3 is 5.91 Å². The van der Waals surface area contributed by atoms with Gasteiger partial charge in [-0.25, -0.2) is 0 Å². The molecule has 0 atom stereocenters. The number of anilines is 1. The summed E-state index contributed by atoms with van der Waals surface area (Å²) in [5.41, 5.74) is 5.03. The van der Waals surface area contributed by atoms with Gasteiger partial charge in [-0.2, -0.15) is 0 Å². The summed E-state index contributed by atoms with van der Waals surface area (Å²) in [5, 5.41) is 34.2. The van der Waals surface area contributed by atoms with Crippen molar-refractivity contribution in [1.82, 2.24) is 19.7 Å². The summed E-state index contributed by atoms with van der Waals surface area (Å²) < 4.78 is 13.3. The number of pyridine rings is 1. The number of fused-ring (bicyclic) bond motifs is 1. The molecule has 4 aromatic rings. The van der Waals surface area contributed by atoms with E-state index < -0.39 is 5.91 Å². The molecule has 0 radical (unpaired) electrons. The number of nitrogens with one attached hydrogen (secondary N) is 1. The van der Waals surface area contributed by atoms with Crippen molar-refractivity contribution in [2.45, 2.75) is 43.0 Å². The van der Waals surface area contributed by atoms with E-state index in [0.29, 0.717) is 28.7 Å². The fourth-order valence-electron chi connectivity index (χ4n) is 4.57. The zero-order valence-corrected chi connectivity index (χ0v) is 21.1. The second-order valence-corrected chi connectivity index (χ2v) is 10.2. The van der Waals surface area contributed by atoms with Crippen LogP contribution in [0.15, 0.2) is 72.5 Å². The molecule has 2 aromatic carbocycles. The molecule has 10 heteroatoms. The van der Waals surface area contributed by atoms with Gasteiger partial charge in [0.1, 0.15) is 24.0 Å². The Balaban J connectivity index is 1.44. The Bertz CT molecular complexity index is 1490. The molecule has 37 heavy (non-hydrogen) atoms. The molecule has 0 fully saturated rings. The Morgan fingerprint density at radius 2 is 1.92 bits per heavy atom. The van der Waals surface area contributed by atoms with Crippen molar-refractivity contribution in [2.24, 2.45) is 0 Å². The van der Waals surface area contributed by atoms with E-state index in [1.54, 1.807) is 12.3 Å². The molecule has 4 heterocycles. The van der Waals surface area contributed by atoms with Gasteiger partial charge in [0, 0.05) is 29.9 Å². The number of benzene rings is 2. The maximum atomic E-state index is 10.8. The predicted molar refractivity (Wildman–Crippen MR) is 139 cm³/mol. The minimum Gasteiger partial charge on any atom is -0.508 e. The molecule has 0 unspecified atom stereocenters. The molecule has 3 N–H and O–H groups in total. The molecular formula is C27H25N5O4S. The van der Waals surface area contributed by atoms with Gasteiger partial charge in [-0.1, -0.05) is 31.7 Å². The normalized spacial score (nSPS) is 15.0. The van der Waals surface area contributed by atoms with Gasteiger partial charge in [-0.15, -0.1) is 10.2 Å². The standard InChI is InChI=1S/C27H25N5O4S/c1-16(2)20-11-21(24(34)12-23(20)33)25-30-31-26(37-15-17-4-3-7-28-14-17)32(25)19-5-6-22-18(10-19)13-27(29-22)35-8-9-36-27/h3-12,14,16,29,33-34H,13,15H2,1-2H3. The average Bonchev–Trinajstić information content (AvgIpc) is 3.61. The summed E-state index contributed by atoms with van der Waals surface area (Å²) in [6, 6.07) is 13.0. The minimum atomic E-state index is -0.920. The first-order chi connectivity index (χ1) is 17.9. The Kier molecular flexibility index (Phi) is 5.68. The summed E-state index contributed by atoms with van der Waals surface area (Å²) in [4.78, 5) is 4.20. The molecule has 0 saturated carbocycles. The number of aromatic nitrogens is 4. The topological polar surface area (TPSA) is 115 Å². The van der Waals surface area contributed by atoms with E-state index in [-0.39, 0.29) is 17.4 Å². The van der Waals surface area contributed by atoms with E-state index in [2.05, 4.69) is 20.5 Å². The van der Waals surface area contributed by atoms with Crippen LogP contribution in [-0.2, 0) is 21.6 Å². The SMILES string of the molecule is CC(C)c1cc(-c2nnc(SCc3cccnc3)n2-c2ccc3c(c2)CC2(N3)OC=CO2)c(O)cc1O. The Hall–Kier alpha value is -4.18. The number of ether oxygens (including phenoxy) is 2. The van der Waals surface area contributed by atoms with Crippen LogP contribution in [0.2, 0.25) is 0 Å². The lowest BCUT2D eigenvalue weighted by atomic mass is 9.98. The molecule has 0 amide bonds. The van der Waals surface area contributed by atoms with Gasteiger partial charge in [0.15, 0.2) is 11.0 Å². The second-order valence-electron chi connectivity index (χ2n) is 9.28. The van der Waals surface area contributed by atoms with Crippen molar-refractivity contribution in [3.05, 3.63) is 84.1 Å². The maximum absolute atomic E-state index is 10.8. The highest BCUT2D eigenvalue weighted by Gasteiger charge is 2.42. The summed E-state index contributed by atoms with van der Waals surface area (Å²) in [6.07, 6.45) is 7.15. The fraction of sp³-hybridized carbons (Fsp3) is 0.222. The lowest BCUT2D eigenvalue weighted by Crippen LogP contribution is -2.36. The molecule has 2 aromatic heterocycles. The lowest BCUT2D eigenvalue weighted by molar-refractivity contribution is -0.109. The van der Waals surface area contributed by atoms with E-state index in [4.69, 9.17) is 9.47 Å². The highest BCUT2D eigenvalue weighted by atomic mass is 32.2. The van der Waals surface area contributed by atoms with Gasteiger partial charge in [0.05, 0.1) is 17.7 Å². The second kappa shape index (κ2) is 9.04. The lowest BCUT2D eigenvalue weighted by Gasteiger charge is -2.22. The molecule has 1 spiro atoms. The van der Waals surface area contributed by atoms with Gasteiger partial charge in [-0.3, -0.25) is 9.55 Å². The Morgan fingerprint density at radius 3 is 2.68 bits per heavy atom. The van der Waals surface area contributed by atoms with Crippen LogP contribution in [0.1, 0.15) is 36.5 Å². The van der Waals surface area contributed by atoms with E-state index in [0.717, 1.165) is 28.1 Å². The van der Waals surface area contributed by atoms with Crippen LogP contribution in [0, 0.1) is 0 Å². The van der Waals surface area contributed by atoms with Gasteiger partial charge < -0.3 is 25.0 Å². The first-order valence-electron chi connectivity index (χ1n) is 11.9. The average molecular weight is 516 g/mol. The molecule has 9 nitrogen and oxygen atoms in total. The number of nitrogens with zero attached hydrogens (tertiary/aromatic N) is 4. The molecule has 2 aliphatic heterocycles. The van der Waals surface area contributed by atoms with Crippen LogP contribution in [0.5, 0.6) is 11.5 Å². The van der Waals surface area contributed by atoms with Crippen molar-refractivity contribution in [3.8, 4) is 28.6 Å². The fourth-order valence-corrected chi connectivity index (χ4v) is 5.46. The molecule has 0 aliphatic carbocycles. The highest BCUT2D eigenvalue weighted by molar-refractivity contribution is 7.98. The molecular weight excluding hydrogens is 490 g/mol. The van der Waals surface area contributed by atoms with E-state index in [1.807, 2.05) is 54.9 Å². The molecule has 6 rings (SSSR count). The van der Waals surface area contributed by atoms with Crippen LogP contribution in [-0.4, -0.2) is 35.9 Å². The van der Waals surface area contributed by atoms with Crippen molar-refractivity contribution >= 4 is 17.4 Å². The molecule has 0 bridgehead atoms. The summed E-state index contributed by atoms with van der Waals surface area (Å²) >= 11 is 1.53. The number of thioether (sulfide) groups is 1. The first-order valence-corrected chi connectivity index (χ1v) is 12.9. The van der Waals surface area contributed by atoms with Crippen LogP contribution < -0.4 is 5.32 Å². The maximum Gasteiger partial charge on any atom is 0.339 e. The van der Waals surface area contributed by atoms with Crippen molar-refractivity contribution in [2.75, 3.05) is 5.32 Å². The predicted octanol–water partition coefficient (Wildman–Crippen LogP) is 5.30. The monoisotopic (exact) mass is 515 g/mol. The van der Waals surface area contributed by atoms with Gasteiger partial charge in [0.2, 0.25) is 0 Å². The summed E-state index contributed by atoms with van der Waals surface area (Å²) in [7, 11) is 0. The van der Waals surface area contributed by atoms with E-state index in [9.17, 15) is 10.2 Å². The third-order valence-electron chi connectivity index (χ3n) is 6.40. The number of hydrogen-bond donors (Lipinski definition) is 3. The van der Waals surface area contributed by atoms with Crippen LogP contribution >= 0.6 is 11.8 Å². The number of rotatable bonds is 6. The largest absolute Gasteiger partial charge is 0.508 e. The highest BCUT2D eigenvalue weighted by Crippen LogP contribution is 2.41. The third kappa shape index (κ3) is 4.23. The van der Waals surface area contributed by atoms with E-state index >= 15 is 0 Å². The van der Waals surface area contributed by atoms with Crippen molar-refractivity contribution in [3.63, 3.8) is 0 Å². The molecule has 0 saturated heterocycles. The third-order valence-corrected chi connectivity index (χ3v) is 7.40. The van der Waals surface area contributed by atoms with Crippen molar-refractivity contribution in [1.29, 1.82) is 0 Å². The van der Waals surface area contributed by atoms with E-state index in [1.165, 1.54) is 30.4 Å². The minimum absolute atomic E-state index is 0.0487. The Labute approximate surface area is 217 Å². The molecule has 188 valence electrons. The number of phenols is 2. The quantitative estimate of drug-likeness (QED) is 0.294. The van der Waals surface area contributed by atoms with Crippen LogP contribution in [0.4, 0.5) is 5.69 Å². The Morgan fingerprint density at radius 1 is 1.08 bits per heavy atom. The smallest absolute Gasteiger partial charge is 0.339 e. The summed E-state index contributed by atoms with van der Waals surface area (Å²) in [6.45, 7) is 3.97. The van der Waals surface area contributed by atoms with Crippen molar-refractivity contribution < 1.29 is 19.7 Å². The van der Waals surface area contributed by atoms with Crippen LogP contribution in [0.25, 0.3) is 17.1 Å². The van der Waals surface area contributed by atoms with Gasteiger partial charge in [0.25, 0.3) is 0 Å². The van der Waals surface area contributed by atoms with Gasteiger partial charge in [-0.05, 0) is 52.9 Å². The number of aromatic hydroxyl groups is 2. The number of hydrogen-bond acceptors (Lipinski definition) is 9. The van der Waals surface area contributed by atoms with Crippen LogP contribution in [0.3, 0.4) is 0 Å². The zero-order valence-electron chi connectivity index (χ0n) is 20.3.